The minimum absolute atomic E-state index is 0.0630. The maximum Gasteiger partial charge on any atom is 0.329 e. The Morgan fingerprint density at radius 3 is 2.53 bits per heavy atom. The zero-order valence-electron chi connectivity index (χ0n) is 33.1. The van der Waals surface area contributed by atoms with Crippen LogP contribution in [0.5, 0.6) is 0 Å². The van der Waals surface area contributed by atoms with Gasteiger partial charge in [0, 0.05) is 70.2 Å². The molecule has 0 radical (unpaired) electrons. The Morgan fingerprint density at radius 1 is 1.05 bits per heavy atom. The molecular weight excluding hydrogens is 761 g/mol. The first-order chi connectivity index (χ1) is 28.5. The van der Waals surface area contributed by atoms with Crippen LogP contribution < -0.4 is 22.1 Å². The van der Waals surface area contributed by atoms with E-state index in [0.717, 1.165) is 83.4 Å². The lowest BCUT2D eigenvalue weighted by Gasteiger charge is -2.37. The fourth-order valence-corrected chi connectivity index (χ4v) is 8.63. The summed E-state index contributed by atoms with van der Waals surface area (Å²) < 4.78 is 32.1. The molecule has 0 bridgehead atoms. The number of rotatable bonds is 10. The first-order valence-electron chi connectivity index (χ1n) is 20.5. The molecule has 310 valence electrons. The van der Waals surface area contributed by atoms with Crippen LogP contribution in [0.3, 0.4) is 0 Å². The molecule has 4 aromatic rings. The molecule has 0 spiro atoms. The van der Waals surface area contributed by atoms with Crippen LogP contribution in [0, 0.1) is 17.8 Å². The standard InChI is InChI=1S/C42H49F2N11O4/c1-51-37-28(7-3-9-33(37)55(42(51)59)34-14-15-35(56)50-41(34)58)8-4-17-52-19-21-53(22-20-52)25-26-10-12-29(13-11-26)46-24-32(36(45)38(43)44)49-40(57)30-23-47-54-18-16-31(48-39(30)54)27-5-2-6-27/h3,7,9,16,18,23-24,26-27,29,34,38H,2,5-6,10-15,17,19-22,25,45H2,1H3,(H,49,57)(H,50,56,58)/b36-32+,46-24?. The zero-order chi connectivity index (χ0) is 41.2. The Labute approximate surface area is 339 Å². The summed E-state index contributed by atoms with van der Waals surface area (Å²) in [5.41, 5.74) is 7.92. The first kappa shape index (κ1) is 40.1. The number of hydrogen-bond donors (Lipinski definition) is 3. The van der Waals surface area contributed by atoms with Gasteiger partial charge in [0.05, 0.1) is 41.1 Å². The smallest absolute Gasteiger partial charge is 0.329 e. The SMILES string of the molecule is Cn1c(=O)n(C2CCC(=O)NC2=O)c2cccc(C#CCN3CCN(CC4CCC(N=C/C(NC(=O)c5cnn6ccc(C7CCC7)nc56)=C(\N)C(F)F)CC4)CC3)c21. The number of aromatic nitrogens is 5. The number of amides is 3. The number of piperidine rings is 1. The summed E-state index contributed by atoms with van der Waals surface area (Å²) in [6.45, 7) is 5.16. The van der Waals surface area contributed by atoms with E-state index in [1.807, 2.05) is 18.2 Å². The summed E-state index contributed by atoms with van der Waals surface area (Å²) in [4.78, 5) is 64.9. The van der Waals surface area contributed by atoms with Crippen LogP contribution in [-0.2, 0) is 16.6 Å². The number of benzene rings is 1. The van der Waals surface area contributed by atoms with Crippen molar-refractivity contribution < 1.29 is 23.2 Å². The number of para-hydroxylation sites is 1. The van der Waals surface area contributed by atoms with Gasteiger partial charge in [-0.2, -0.15) is 5.10 Å². The molecule has 4 aliphatic rings. The summed E-state index contributed by atoms with van der Waals surface area (Å²) in [6.07, 6.45) is 8.68. The lowest BCUT2D eigenvalue weighted by molar-refractivity contribution is -0.135. The van der Waals surface area contributed by atoms with E-state index in [0.29, 0.717) is 40.6 Å². The molecule has 15 nitrogen and oxygen atoms in total. The Hall–Kier alpha value is -5.73. The number of nitrogens with two attached hydrogens (primary N) is 1. The van der Waals surface area contributed by atoms with Crippen LogP contribution >= 0.6 is 0 Å². The highest BCUT2D eigenvalue weighted by Crippen LogP contribution is 2.35. The topological polar surface area (TPSA) is 177 Å². The number of nitrogens with one attached hydrogen (secondary N) is 2. The van der Waals surface area contributed by atoms with Crippen LogP contribution in [0.1, 0.15) is 91.4 Å². The predicted octanol–water partition coefficient (Wildman–Crippen LogP) is 3.09. The molecule has 3 aromatic heterocycles. The number of carbonyl (C=O) groups is 3. The number of piperazine rings is 1. The van der Waals surface area contributed by atoms with Crippen molar-refractivity contribution in [3.05, 3.63) is 75.4 Å². The molecular formula is C42H49F2N11O4. The summed E-state index contributed by atoms with van der Waals surface area (Å²) in [5, 5.41) is 9.13. The number of allylic oxidation sites excluding steroid dienone is 2. The number of carbonyl (C=O) groups excluding carboxylic acids is 3. The van der Waals surface area contributed by atoms with Gasteiger partial charge >= 0.3 is 5.69 Å². The lowest BCUT2D eigenvalue weighted by Crippen LogP contribution is -2.48. The normalized spacial score (nSPS) is 22.7. The lowest BCUT2D eigenvalue weighted by atomic mass is 9.83. The van der Waals surface area contributed by atoms with E-state index in [1.54, 1.807) is 19.3 Å². The van der Waals surface area contributed by atoms with Crippen molar-refractivity contribution in [2.24, 2.45) is 23.7 Å². The second-order valence-corrected chi connectivity index (χ2v) is 16.1. The Balaban J connectivity index is 0.814. The minimum atomic E-state index is -2.97. The summed E-state index contributed by atoms with van der Waals surface area (Å²) in [6, 6.07) is 6.60. The number of alkyl halides is 2. The number of aliphatic imine (C=N–C) groups is 1. The van der Waals surface area contributed by atoms with Crippen LogP contribution in [-0.4, -0.2) is 109 Å². The first-order valence-corrected chi connectivity index (χ1v) is 20.5. The van der Waals surface area contributed by atoms with E-state index >= 15 is 0 Å². The van der Waals surface area contributed by atoms with E-state index in [-0.39, 0.29) is 41.7 Å². The monoisotopic (exact) mass is 809 g/mol. The number of imidazole rings is 1. The molecule has 2 saturated heterocycles. The third-order valence-corrected chi connectivity index (χ3v) is 12.3. The van der Waals surface area contributed by atoms with Gasteiger partial charge in [-0.15, -0.1) is 0 Å². The average Bonchev–Trinajstić information content (AvgIpc) is 3.74. The van der Waals surface area contributed by atoms with Crippen molar-refractivity contribution in [1.29, 1.82) is 0 Å². The van der Waals surface area contributed by atoms with Gasteiger partial charge in [-0.1, -0.05) is 24.3 Å². The molecule has 4 fully saturated rings. The van der Waals surface area contributed by atoms with Gasteiger partial charge in [-0.05, 0) is 69.1 Å². The molecule has 2 aliphatic carbocycles. The highest BCUT2D eigenvalue weighted by molar-refractivity contribution is 6.03. The van der Waals surface area contributed by atoms with E-state index < -0.39 is 30.0 Å². The van der Waals surface area contributed by atoms with E-state index in [1.165, 1.54) is 26.1 Å². The summed E-state index contributed by atoms with van der Waals surface area (Å²) in [7, 11) is 1.67. The molecule has 1 aromatic carbocycles. The van der Waals surface area contributed by atoms with Crippen molar-refractivity contribution in [3.8, 4) is 11.8 Å². The van der Waals surface area contributed by atoms with Gasteiger partial charge in [0.2, 0.25) is 11.8 Å². The van der Waals surface area contributed by atoms with Crippen LogP contribution in [0.15, 0.2) is 57.8 Å². The number of halogens is 2. The van der Waals surface area contributed by atoms with Gasteiger partial charge in [0.1, 0.15) is 17.3 Å². The van der Waals surface area contributed by atoms with Crippen molar-refractivity contribution in [1.82, 2.24) is 44.2 Å². The van der Waals surface area contributed by atoms with Crippen LogP contribution in [0.2, 0.25) is 0 Å². The highest BCUT2D eigenvalue weighted by atomic mass is 19.3. The fourth-order valence-electron chi connectivity index (χ4n) is 8.63. The van der Waals surface area contributed by atoms with Gasteiger partial charge in [0.25, 0.3) is 12.3 Å². The number of fused-ring (bicyclic) bond motifs is 2. The number of hydrogen-bond acceptors (Lipinski definition) is 10. The highest BCUT2D eigenvalue weighted by Gasteiger charge is 2.32. The average molecular weight is 810 g/mol. The van der Waals surface area contributed by atoms with Gasteiger partial charge in [0.15, 0.2) is 5.65 Å². The number of imide groups is 1. The van der Waals surface area contributed by atoms with Crippen molar-refractivity contribution >= 4 is 40.6 Å². The Kier molecular flexibility index (Phi) is 11.7. The molecule has 2 saturated carbocycles. The Bertz CT molecular complexity index is 2440. The fraction of sp³-hybridized carbons (Fsp3) is 0.500. The molecule has 2 aliphatic heterocycles. The van der Waals surface area contributed by atoms with Gasteiger partial charge < -0.3 is 16.0 Å². The van der Waals surface area contributed by atoms with Crippen molar-refractivity contribution in [2.75, 3.05) is 39.3 Å². The molecule has 3 amide bonds. The van der Waals surface area contributed by atoms with E-state index in [4.69, 9.17) is 5.73 Å². The number of aryl methyl sites for hydroxylation is 1. The zero-order valence-corrected chi connectivity index (χ0v) is 33.1. The minimum Gasteiger partial charge on any atom is -0.396 e. The second kappa shape index (κ2) is 17.2. The molecule has 8 rings (SSSR count). The molecule has 4 N–H and O–H groups in total. The molecule has 17 heteroatoms. The molecule has 1 atom stereocenters. The number of nitrogens with zero attached hydrogens (tertiary/aromatic N) is 8. The van der Waals surface area contributed by atoms with E-state index in [2.05, 4.69) is 47.3 Å². The maximum absolute atomic E-state index is 13.8. The molecule has 1 unspecified atom stereocenters. The van der Waals surface area contributed by atoms with Crippen molar-refractivity contribution in [2.45, 2.75) is 82.2 Å². The Morgan fingerprint density at radius 2 is 1.81 bits per heavy atom. The molecule has 5 heterocycles. The van der Waals surface area contributed by atoms with Crippen molar-refractivity contribution in [3.63, 3.8) is 0 Å². The largest absolute Gasteiger partial charge is 0.396 e. The van der Waals surface area contributed by atoms with Gasteiger partial charge in [-0.3, -0.25) is 38.7 Å². The maximum atomic E-state index is 13.8. The predicted molar refractivity (Wildman–Crippen MR) is 217 cm³/mol. The summed E-state index contributed by atoms with van der Waals surface area (Å²) in [5.74, 6) is 5.99. The van der Waals surface area contributed by atoms with E-state index in [9.17, 15) is 28.0 Å². The second-order valence-electron chi connectivity index (χ2n) is 16.1. The van der Waals surface area contributed by atoms with Gasteiger partial charge in [-0.25, -0.2) is 23.1 Å². The quantitative estimate of drug-likeness (QED) is 0.124. The van der Waals surface area contributed by atoms with Crippen LogP contribution in [0.4, 0.5) is 8.78 Å². The molecule has 59 heavy (non-hydrogen) atoms. The van der Waals surface area contributed by atoms with Crippen LogP contribution in [0.25, 0.3) is 16.7 Å². The third kappa shape index (κ3) is 8.55. The third-order valence-electron chi connectivity index (χ3n) is 12.3. The summed E-state index contributed by atoms with van der Waals surface area (Å²) >= 11 is 0.